The lowest BCUT2D eigenvalue weighted by Gasteiger charge is -2.28. The molecule has 1 aliphatic rings. The molecule has 0 saturated carbocycles. The molecule has 1 heterocycles. The number of ether oxygens (including phenoxy) is 1. The van der Waals surface area contributed by atoms with E-state index in [-0.39, 0.29) is 10.6 Å². The third-order valence-corrected chi connectivity index (χ3v) is 4.13. The van der Waals surface area contributed by atoms with Gasteiger partial charge in [-0.25, -0.2) is 0 Å². The van der Waals surface area contributed by atoms with Crippen LogP contribution in [0.2, 0.25) is 0 Å². The van der Waals surface area contributed by atoms with E-state index in [1.54, 1.807) is 12.1 Å². The largest absolute Gasteiger partial charge is 0.381 e. The van der Waals surface area contributed by atoms with E-state index in [1.807, 2.05) is 13.0 Å². The topological polar surface area (TPSA) is 64.4 Å². The smallest absolute Gasteiger partial charge is 0.272 e. The summed E-state index contributed by atoms with van der Waals surface area (Å²) >= 11 is 0. The van der Waals surface area contributed by atoms with Crippen molar-refractivity contribution in [3.8, 4) is 0 Å². The predicted octanol–water partition coefficient (Wildman–Crippen LogP) is 2.81. The number of rotatable bonds is 5. The molecule has 2 rings (SSSR count). The Bertz CT molecular complexity index is 470. The van der Waals surface area contributed by atoms with Crippen LogP contribution in [0, 0.1) is 23.0 Å². The molecular weight excluding hydrogens is 256 g/mol. The lowest BCUT2D eigenvalue weighted by molar-refractivity contribution is -0.385. The molecule has 0 aromatic heterocycles. The molecule has 0 aliphatic carbocycles. The number of nitrogens with one attached hydrogen (secondary N) is 1. The summed E-state index contributed by atoms with van der Waals surface area (Å²) in [6.07, 6.45) is 2.30. The van der Waals surface area contributed by atoms with Gasteiger partial charge >= 0.3 is 0 Å². The fourth-order valence-electron chi connectivity index (χ4n) is 2.66. The summed E-state index contributed by atoms with van der Waals surface area (Å²) in [5, 5.41) is 14.4. The van der Waals surface area contributed by atoms with Crippen molar-refractivity contribution in [3.63, 3.8) is 0 Å². The predicted molar refractivity (Wildman–Crippen MR) is 77.7 cm³/mol. The molecule has 20 heavy (non-hydrogen) atoms. The van der Waals surface area contributed by atoms with Crippen molar-refractivity contribution in [1.82, 2.24) is 5.32 Å². The Morgan fingerprint density at radius 1 is 1.55 bits per heavy atom. The number of hydrogen-bond donors (Lipinski definition) is 1. The molecule has 1 aromatic rings. The van der Waals surface area contributed by atoms with E-state index in [0.29, 0.717) is 18.5 Å². The fourth-order valence-corrected chi connectivity index (χ4v) is 2.66. The van der Waals surface area contributed by atoms with Gasteiger partial charge in [-0.2, -0.15) is 0 Å². The third-order valence-electron chi connectivity index (χ3n) is 4.13. The first-order chi connectivity index (χ1) is 9.59. The maximum atomic E-state index is 10.9. The highest BCUT2D eigenvalue weighted by Gasteiger charge is 2.21. The summed E-state index contributed by atoms with van der Waals surface area (Å²) in [5.74, 6) is 0.530. The van der Waals surface area contributed by atoms with Gasteiger partial charge in [0.05, 0.1) is 11.5 Å². The van der Waals surface area contributed by atoms with Crippen LogP contribution in [0.25, 0.3) is 0 Å². The summed E-state index contributed by atoms with van der Waals surface area (Å²) in [4.78, 5) is 10.6. The maximum absolute atomic E-state index is 10.9. The number of benzene rings is 1. The van der Waals surface area contributed by atoms with E-state index in [9.17, 15) is 10.1 Å². The third kappa shape index (κ3) is 3.55. The summed E-state index contributed by atoms with van der Waals surface area (Å²) < 4.78 is 5.50. The van der Waals surface area contributed by atoms with Crippen molar-refractivity contribution in [2.24, 2.45) is 5.92 Å². The SMILES string of the molecule is Cc1c(CN[C@H](C)[C@H]2CCCOC2)cccc1[N+](=O)[O-]. The first-order valence-corrected chi connectivity index (χ1v) is 7.13. The zero-order valence-corrected chi connectivity index (χ0v) is 12.1. The number of nitrogens with zero attached hydrogens (tertiary/aromatic N) is 1. The minimum absolute atomic E-state index is 0.193. The molecule has 1 aliphatic heterocycles. The van der Waals surface area contributed by atoms with Gasteiger partial charge in [0.15, 0.2) is 0 Å². The van der Waals surface area contributed by atoms with Crippen LogP contribution in [-0.4, -0.2) is 24.2 Å². The quantitative estimate of drug-likeness (QED) is 0.664. The van der Waals surface area contributed by atoms with Crippen LogP contribution < -0.4 is 5.32 Å². The molecule has 110 valence electrons. The monoisotopic (exact) mass is 278 g/mol. The van der Waals surface area contributed by atoms with Crippen molar-refractivity contribution >= 4 is 5.69 Å². The van der Waals surface area contributed by atoms with Crippen molar-refractivity contribution < 1.29 is 9.66 Å². The highest BCUT2D eigenvalue weighted by molar-refractivity contribution is 5.44. The van der Waals surface area contributed by atoms with Gasteiger partial charge in [0.2, 0.25) is 0 Å². The standard InChI is InChI=1S/C15H22N2O3/c1-11-13(5-3-7-15(11)17(18)19)9-16-12(2)14-6-4-8-20-10-14/h3,5,7,12,14,16H,4,6,8-10H2,1-2H3/t12-,14+/m1/s1. The second-order valence-electron chi connectivity index (χ2n) is 5.47. The average molecular weight is 278 g/mol. The molecule has 0 bridgehead atoms. The molecule has 5 heteroatoms. The molecule has 0 amide bonds. The van der Waals surface area contributed by atoms with Gasteiger partial charge in [0.25, 0.3) is 5.69 Å². The second kappa shape index (κ2) is 6.81. The molecule has 1 saturated heterocycles. The molecular formula is C15H22N2O3. The van der Waals surface area contributed by atoms with E-state index < -0.39 is 0 Å². The maximum Gasteiger partial charge on any atom is 0.272 e. The molecule has 0 spiro atoms. The molecule has 1 fully saturated rings. The molecule has 0 unspecified atom stereocenters. The van der Waals surface area contributed by atoms with Gasteiger partial charge < -0.3 is 10.1 Å². The van der Waals surface area contributed by atoms with Crippen LogP contribution in [-0.2, 0) is 11.3 Å². The van der Waals surface area contributed by atoms with Crippen LogP contribution in [0.5, 0.6) is 0 Å². The Balaban J connectivity index is 1.96. The van der Waals surface area contributed by atoms with Crippen molar-refractivity contribution in [1.29, 1.82) is 0 Å². The van der Waals surface area contributed by atoms with Crippen LogP contribution in [0.1, 0.15) is 30.9 Å². The lowest BCUT2D eigenvalue weighted by Crippen LogP contribution is -2.37. The Morgan fingerprint density at radius 3 is 3.00 bits per heavy atom. The van der Waals surface area contributed by atoms with E-state index in [4.69, 9.17) is 4.74 Å². The number of hydrogen-bond acceptors (Lipinski definition) is 4. The molecule has 1 aromatic carbocycles. The van der Waals surface area contributed by atoms with Crippen molar-refractivity contribution in [2.75, 3.05) is 13.2 Å². The molecule has 2 atom stereocenters. The normalized spacial score (nSPS) is 20.6. The van der Waals surface area contributed by atoms with Crippen LogP contribution in [0.15, 0.2) is 18.2 Å². The van der Waals surface area contributed by atoms with Crippen LogP contribution in [0.3, 0.4) is 0 Å². The summed E-state index contributed by atoms with van der Waals surface area (Å²) in [7, 11) is 0. The van der Waals surface area contributed by atoms with Gasteiger partial charge in [-0.05, 0) is 38.2 Å². The van der Waals surface area contributed by atoms with Gasteiger partial charge in [-0.15, -0.1) is 0 Å². The molecule has 5 nitrogen and oxygen atoms in total. The first-order valence-electron chi connectivity index (χ1n) is 7.13. The van der Waals surface area contributed by atoms with E-state index in [2.05, 4.69) is 12.2 Å². The fraction of sp³-hybridized carbons (Fsp3) is 0.600. The van der Waals surface area contributed by atoms with Crippen LogP contribution >= 0.6 is 0 Å². The minimum atomic E-state index is -0.322. The van der Waals surface area contributed by atoms with Crippen molar-refractivity contribution in [2.45, 2.75) is 39.3 Å². The zero-order chi connectivity index (χ0) is 14.5. The molecule has 0 radical (unpaired) electrons. The van der Waals surface area contributed by atoms with Gasteiger partial charge in [-0.1, -0.05) is 12.1 Å². The van der Waals surface area contributed by atoms with Gasteiger partial charge in [-0.3, -0.25) is 10.1 Å². The summed E-state index contributed by atoms with van der Waals surface area (Å²) in [6.45, 7) is 6.30. The van der Waals surface area contributed by atoms with E-state index in [1.165, 1.54) is 6.42 Å². The Kier molecular flexibility index (Phi) is 5.09. The Hall–Kier alpha value is -1.46. The lowest BCUT2D eigenvalue weighted by atomic mass is 9.94. The summed E-state index contributed by atoms with van der Waals surface area (Å²) in [5.41, 5.74) is 1.93. The zero-order valence-electron chi connectivity index (χ0n) is 12.1. The van der Waals surface area contributed by atoms with Gasteiger partial charge in [0, 0.05) is 30.8 Å². The Morgan fingerprint density at radius 2 is 2.35 bits per heavy atom. The van der Waals surface area contributed by atoms with Crippen LogP contribution in [0.4, 0.5) is 5.69 Å². The Labute approximate surface area is 119 Å². The number of nitro benzene ring substituents is 1. The first kappa shape index (κ1) is 14.9. The molecule has 1 N–H and O–H groups in total. The highest BCUT2D eigenvalue weighted by Crippen LogP contribution is 2.22. The minimum Gasteiger partial charge on any atom is -0.381 e. The second-order valence-corrected chi connectivity index (χ2v) is 5.47. The number of nitro groups is 1. The summed E-state index contributed by atoms with van der Waals surface area (Å²) in [6, 6.07) is 5.60. The van der Waals surface area contributed by atoms with Gasteiger partial charge in [0.1, 0.15) is 0 Å². The van der Waals surface area contributed by atoms with Crippen molar-refractivity contribution in [3.05, 3.63) is 39.4 Å². The average Bonchev–Trinajstić information content (AvgIpc) is 2.46. The van der Waals surface area contributed by atoms with E-state index in [0.717, 1.165) is 30.8 Å². The van der Waals surface area contributed by atoms with E-state index >= 15 is 0 Å². The highest BCUT2D eigenvalue weighted by atomic mass is 16.6.